The molecule has 138 valence electrons. The highest BCUT2D eigenvalue weighted by atomic mass is 16.2. The topological polar surface area (TPSA) is 99.7 Å². The van der Waals surface area contributed by atoms with E-state index in [1.807, 2.05) is 0 Å². The van der Waals surface area contributed by atoms with Crippen LogP contribution >= 0.6 is 0 Å². The number of hydrogen-bond donors (Lipinski definition) is 1. The van der Waals surface area contributed by atoms with Crippen LogP contribution in [0.25, 0.3) is 0 Å². The third-order valence-corrected chi connectivity index (χ3v) is 4.22. The molecule has 0 aliphatic carbocycles. The summed E-state index contributed by atoms with van der Waals surface area (Å²) in [6, 6.07) is 7.77. The number of nitrogens with one attached hydrogen (secondary N) is 1. The van der Waals surface area contributed by atoms with Gasteiger partial charge in [0, 0.05) is 32.1 Å². The van der Waals surface area contributed by atoms with Crippen molar-refractivity contribution in [1.29, 1.82) is 0 Å². The second-order valence-corrected chi connectivity index (χ2v) is 6.28. The van der Waals surface area contributed by atoms with Crippen LogP contribution in [0.15, 0.2) is 42.7 Å². The lowest BCUT2D eigenvalue weighted by atomic mass is 10.1. The molecule has 0 spiro atoms. The Labute approximate surface area is 155 Å². The van der Waals surface area contributed by atoms with Gasteiger partial charge in [-0.05, 0) is 35.9 Å². The van der Waals surface area contributed by atoms with Crippen LogP contribution in [0, 0.1) is 0 Å². The van der Waals surface area contributed by atoms with Crippen molar-refractivity contribution in [3.63, 3.8) is 0 Å². The minimum absolute atomic E-state index is 0.133. The zero-order valence-corrected chi connectivity index (χ0v) is 14.9. The molecular formula is C19H18N4O4. The van der Waals surface area contributed by atoms with E-state index in [2.05, 4.69) is 10.3 Å². The van der Waals surface area contributed by atoms with Crippen molar-refractivity contribution in [3.05, 3.63) is 65.0 Å². The summed E-state index contributed by atoms with van der Waals surface area (Å²) in [6.07, 6.45) is 3.18. The molecule has 1 N–H and O–H groups in total. The highest BCUT2D eigenvalue weighted by Crippen LogP contribution is 2.25. The predicted octanol–water partition coefficient (Wildman–Crippen LogP) is 0.696. The van der Waals surface area contributed by atoms with Crippen LogP contribution < -0.4 is 5.32 Å². The van der Waals surface area contributed by atoms with Gasteiger partial charge in [0.1, 0.15) is 0 Å². The van der Waals surface area contributed by atoms with Crippen molar-refractivity contribution in [2.45, 2.75) is 6.54 Å². The minimum Gasteiger partial charge on any atom is -0.347 e. The fourth-order valence-electron chi connectivity index (χ4n) is 2.66. The van der Waals surface area contributed by atoms with Gasteiger partial charge < -0.3 is 10.2 Å². The Bertz CT molecular complexity index is 925. The van der Waals surface area contributed by atoms with Gasteiger partial charge in [-0.2, -0.15) is 0 Å². The highest BCUT2D eigenvalue weighted by molar-refractivity contribution is 6.22. The molecule has 3 rings (SSSR count). The number of hydrogen-bond acceptors (Lipinski definition) is 5. The molecule has 27 heavy (non-hydrogen) atoms. The van der Waals surface area contributed by atoms with Crippen LogP contribution in [0.3, 0.4) is 0 Å². The largest absolute Gasteiger partial charge is 0.347 e. The molecule has 4 amide bonds. The van der Waals surface area contributed by atoms with E-state index in [1.165, 1.54) is 23.1 Å². The number of carbonyl (C=O) groups excluding carboxylic acids is 4. The number of likely N-dealkylation sites (N-methyl/N-ethyl adjacent to an activating group) is 1. The Morgan fingerprint density at radius 3 is 2.37 bits per heavy atom. The molecule has 1 aromatic carbocycles. The van der Waals surface area contributed by atoms with Crippen molar-refractivity contribution in [2.24, 2.45) is 0 Å². The van der Waals surface area contributed by atoms with E-state index in [0.29, 0.717) is 0 Å². The summed E-state index contributed by atoms with van der Waals surface area (Å²) in [7, 11) is 3.18. The maximum atomic E-state index is 12.6. The van der Waals surface area contributed by atoms with Gasteiger partial charge in [-0.1, -0.05) is 0 Å². The average Bonchev–Trinajstić information content (AvgIpc) is 2.91. The third-order valence-electron chi connectivity index (χ3n) is 4.22. The van der Waals surface area contributed by atoms with Gasteiger partial charge in [-0.3, -0.25) is 29.1 Å². The van der Waals surface area contributed by atoms with Gasteiger partial charge in [-0.25, -0.2) is 0 Å². The number of rotatable bonds is 5. The number of imide groups is 1. The number of aromatic nitrogens is 1. The van der Waals surface area contributed by atoms with Crippen molar-refractivity contribution >= 4 is 23.6 Å². The predicted molar refractivity (Wildman–Crippen MR) is 95.9 cm³/mol. The highest BCUT2D eigenvalue weighted by Gasteiger charge is 2.36. The first-order chi connectivity index (χ1) is 12.9. The Hall–Kier alpha value is -3.55. The molecule has 0 bridgehead atoms. The molecule has 8 nitrogen and oxygen atoms in total. The molecular weight excluding hydrogens is 348 g/mol. The maximum absolute atomic E-state index is 12.6. The zero-order chi connectivity index (χ0) is 19.6. The summed E-state index contributed by atoms with van der Waals surface area (Å²) >= 11 is 0. The summed E-state index contributed by atoms with van der Waals surface area (Å²) in [5.74, 6) is -1.59. The molecule has 0 saturated heterocycles. The molecule has 0 fully saturated rings. The third kappa shape index (κ3) is 3.69. The van der Waals surface area contributed by atoms with E-state index in [9.17, 15) is 19.2 Å². The molecule has 1 aliphatic rings. The first-order valence-electron chi connectivity index (χ1n) is 8.26. The standard InChI is InChI=1S/C19H18N4O4/c1-22(2)16(24)10-21-17(25)13-3-4-14-15(9-13)19(27)23(18(14)26)11-12-5-7-20-8-6-12/h3-9H,10-11H2,1-2H3,(H,21,25). The fourth-order valence-corrected chi connectivity index (χ4v) is 2.66. The van der Waals surface area contributed by atoms with Gasteiger partial charge in [-0.15, -0.1) is 0 Å². The van der Waals surface area contributed by atoms with Crippen LogP contribution in [0.4, 0.5) is 0 Å². The second-order valence-electron chi connectivity index (χ2n) is 6.28. The average molecular weight is 366 g/mol. The number of pyridine rings is 1. The molecule has 8 heteroatoms. The Morgan fingerprint density at radius 2 is 1.70 bits per heavy atom. The van der Waals surface area contributed by atoms with E-state index >= 15 is 0 Å². The van der Waals surface area contributed by atoms with Gasteiger partial charge in [0.15, 0.2) is 0 Å². The minimum atomic E-state index is -0.485. The van der Waals surface area contributed by atoms with Gasteiger partial charge in [0.25, 0.3) is 17.7 Å². The quantitative estimate of drug-likeness (QED) is 0.785. The van der Waals surface area contributed by atoms with E-state index in [1.54, 1.807) is 38.6 Å². The van der Waals surface area contributed by atoms with Crippen molar-refractivity contribution < 1.29 is 19.2 Å². The molecule has 2 heterocycles. The lowest BCUT2D eigenvalue weighted by Gasteiger charge is -2.13. The zero-order valence-electron chi connectivity index (χ0n) is 14.9. The van der Waals surface area contributed by atoms with E-state index in [4.69, 9.17) is 0 Å². The van der Waals surface area contributed by atoms with E-state index in [0.717, 1.165) is 10.5 Å². The number of nitrogens with zero attached hydrogens (tertiary/aromatic N) is 3. The fraction of sp³-hybridized carbons (Fsp3) is 0.211. The molecule has 0 radical (unpaired) electrons. The van der Waals surface area contributed by atoms with Crippen molar-refractivity contribution in [2.75, 3.05) is 20.6 Å². The van der Waals surface area contributed by atoms with Crippen LogP contribution in [-0.2, 0) is 11.3 Å². The molecule has 0 unspecified atom stereocenters. The Balaban J connectivity index is 1.77. The number of amides is 4. The van der Waals surface area contributed by atoms with Crippen LogP contribution in [0.1, 0.15) is 36.6 Å². The molecule has 0 saturated carbocycles. The van der Waals surface area contributed by atoms with Crippen LogP contribution in [-0.4, -0.2) is 59.1 Å². The maximum Gasteiger partial charge on any atom is 0.261 e. The molecule has 1 aliphatic heterocycles. The molecule has 2 aromatic rings. The summed E-state index contributed by atoms with van der Waals surface area (Å²) in [4.78, 5) is 55.4. The Morgan fingerprint density at radius 1 is 1.04 bits per heavy atom. The first-order valence-corrected chi connectivity index (χ1v) is 8.26. The number of benzene rings is 1. The van der Waals surface area contributed by atoms with Crippen LogP contribution in [0.5, 0.6) is 0 Å². The van der Waals surface area contributed by atoms with Crippen molar-refractivity contribution in [3.8, 4) is 0 Å². The number of fused-ring (bicyclic) bond motifs is 1. The van der Waals surface area contributed by atoms with E-state index in [-0.39, 0.29) is 35.7 Å². The van der Waals surface area contributed by atoms with E-state index < -0.39 is 17.7 Å². The second kappa shape index (κ2) is 7.36. The number of carbonyl (C=O) groups is 4. The summed E-state index contributed by atoms with van der Waals surface area (Å²) in [6.45, 7) is -0.0162. The molecule has 1 aromatic heterocycles. The first kappa shape index (κ1) is 18.2. The monoisotopic (exact) mass is 366 g/mol. The summed E-state index contributed by atoms with van der Waals surface area (Å²) in [5, 5.41) is 2.50. The molecule has 0 atom stereocenters. The van der Waals surface area contributed by atoms with Gasteiger partial charge in [0.2, 0.25) is 5.91 Å². The lowest BCUT2D eigenvalue weighted by molar-refractivity contribution is -0.127. The van der Waals surface area contributed by atoms with Gasteiger partial charge >= 0.3 is 0 Å². The smallest absolute Gasteiger partial charge is 0.261 e. The lowest BCUT2D eigenvalue weighted by Crippen LogP contribution is -2.36. The summed E-state index contributed by atoms with van der Waals surface area (Å²) in [5.41, 5.74) is 1.43. The van der Waals surface area contributed by atoms with Gasteiger partial charge in [0.05, 0.1) is 24.2 Å². The van der Waals surface area contributed by atoms with Crippen LogP contribution in [0.2, 0.25) is 0 Å². The van der Waals surface area contributed by atoms with Crippen molar-refractivity contribution in [1.82, 2.24) is 20.1 Å². The Kier molecular flexibility index (Phi) is 4.98. The summed E-state index contributed by atoms with van der Waals surface area (Å²) < 4.78 is 0. The normalized spacial score (nSPS) is 12.7. The SMILES string of the molecule is CN(C)C(=O)CNC(=O)c1ccc2c(c1)C(=O)N(Cc1ccncc1)C2=O.